The number of ether oxygens (including phenoxy) is 1. The van der Waals surface area contributed by atoms with Gasteiger partial charge in [-0.2, -0.15) is 13.5 Å². The Morgan fingerprint density at radius 3 is 2.15 bits per heavy atom. The summed E-state index contributed by atoms with van der Waals surface area (Å²) in [5.74, 6) is -1.58. The highest BCUT2D eigenvalue weighted by atomic mass is 32.3. The fraction of sp³-hybridized carbons (Fsp3) is 0.0625. The minimum Gasteiger partial charge on any atom is -0.489 e. The molecule has 7 nitrogen and oxygen atoms in total. The number of nitrogens with one attached hydrogen (secondary N) is 1. The summed E-state index contributed by atoms with van der Waals surface area (Å²) >= 11 is 0. The molecule has 11 heteroatoms. The molecular weight excluding hydrogens is 387 g/mol. The van der Waals surface area contributed by atoms with E-state index in [1.807, 2.05) is 0 Å². The van der Waals surface area contributed by atoms with Crippen LogP contribution in [0.3, 0.4) is 0 Å². The van der Waals surface area contributed by atoms with Gasteiger partial charge in [0.15, 0.2) is 0 Å². The molecule has 0 spiro atoms. The number of hydrogen-bond donors (Lipinski definition) is 2. The summed E-state index contributed by atoms with van der Waals surface area (Å²) in [5, 5.41) is 6.25. The van der Waals surface area contributed by atoms with E-state index in [0.29, 0.717) is 5.69 Å². The van der Waals surface area contributed by atoms with Crippen LogP contribution in [-0.2, 0) is 17.1 Å². The number of nitrogen functional groups attached to an aromatic ring is 1. The molecule has 0 aliphatic carbocycles. The fourth-order valence-electron chi connectivity index (χ4n) is 2.24. The molecule has 3 rings (SSSR count). The Kier molecular flexibility index (Phi) is 4.95. The van der Waals surface area contributed by atoms with Gasteiger partial charge in [0, 0.05) is 11.6 Å². The molecule has 0 fully saturated rings. The minimum atomic E-state index is -5.14. The maximum atomic E-state index is 14.2. The number of rotatable bonds is 6. The second kappa shape index (κ2) is 7.19. The summed E-state index contributed by atoms with van der Waals surface area (Å²) in [6, 6.07) is 8.44. The van der Waals surface area contributed by atoms with Crippen molar-refractivity contribution in [1.29, 1.82) is 0 Å². The van der Waals surface area contributed by atoms with E-state index in [0.717, 1.165) is 24.3 Å². The average molecular weight is 399 g/mol. The third-order valence-corrected chi connectivity index (χ3v) is 3.84. The summed E-state index contributed by atoms with van der Waals surface area (Å²) in [6.45, 7) is -0.426. The van der Waals surface area contributed by atoms with Crippen molar-refractivity contribution in [2.45, 2.75) is 6.61 Å². The molecule has 1 heterocycles. The van der Waals surface area contributed by atoms with Crippen LogP contribution in [0.5, 0.6) is 11.5 Å². The van der Waals surface area contributed by atoms with Gasteiger partial charge in [-0.25, -0.2) is 8.78 Å². The minimum absolute atomic E-state index is 0.169. The molecule has 142 valence electrons. The predicted molar refractivity (Wildman–Crippen MR) is 89.8 cm³/mol. The number of nitrogens with two attached hydrogens (primary N) is 1. The molecule has 3 N–H and O–H groups in total. The number of aromatic nitrogens is 2. The summed E-state index contributed by atoms with van der Waals surface area (Å²) in [7, 11) is -5.14. The lowest BCUT2D eigenvalue weighted by molar-refractivity contribution is 0.292. The van der Waals surface area contributed by atoms with Crippen LogP contribution in [0.1, 0.15) is 5.56 Å². The Hall–Kier alpha value is -3.21. The molecule has 0 atom stereocenters. The molecule has 0 amide bonds. The number of aromatic amines is 1. The van der Waals surface area contributed by atoms with E-state index in [4.69, 9.17) is 10.5 Å². The van der Waals surface area contributed by atoms with Gasteiger partial charge in [0.1, 0.15) is 35.6 Å². The first-order chi connectivity index (χ1) is 12.7. The second-order valence-corrected chi connectivity index (χ2v) is 6.31. The lowest BCUT2D eigenvalue weighted by Crippen LogP contribution is -2.03. The van der Waals surface area contributed by atoms with Crippen LogP contribution in [0.2, 0.25) is 0 Å². The summed E-state index contributed by atoms with van der Waals surface area (Å²) in [5.41, 5.74) is 5.74. The smallest absolute Gasteiger partial charge is 0.488 e. The van der Waals surface area contributed by atoms with Crippen molar-refractivity contribution in [1.82, 2.24) is 10.2 Å². The van der Waals surface area contributed by atoms with E-state index in [1.165, 1.54) is 18.2 Å². The molecular formula is C16H12F3N3O4S. The number of halogens is 3. The third-order valence-electron chi connectivity index (χ3n) is 3.45. The second-order valence-electron chi connectivity index (χ2n) is 5.36. The van der Waals surface area contributed by atoms with Crippen molar-refractivity contribution < 1.29 is 30.0 Å². The van der Waals surface area contributed by atoms with E-state index in [9.17, 15) is 21.1 Å². The van der Waals surface area contributed by atoms with Gasteiger partial charge in [0.25, 0.3) is 0 Å². The quantitative estimate of drug-likeness (QED) is 0.617. The summed E-state index contributed by atoms with van der Waals surface area (Å²) in [4.78, 5) is 0. The number of hydrogen-bond acceptors (Lipinski definition) is 6. The van der Waals surface area contributed by atoms with Gasteiger partial charge in [-0.1, -0.05) is 3.89 Å². The van der Waals surface area contributed by atoms with Gasteiger partial charge in [-0.05, 0) is 36.4 Å². The first-order valence-electron chi connectivity index (χ1n) is 7.37. The van der Waals surface area contributed by atoms with Crippen LogP contribution in [0, 0.1) is 11.6 Å². The highest BCUT2D eigenvalue weighted by Crippen LogP contribution is 2.26. The maximum absolute atomic E-state index is 14.2. The summed E-state index contributed by atoms with van der Waals surface area (Å²) < 4.78 is 71.0. The van der Waals surface area contributed by atoms with Crippen molar-refractivity contribution in [2.24, 2.45) is 0 Å². The Morgan fingerprint density at radius 1 is 1.04 bits per heavy atom. The SMILES string of the molecule is Nc1cc(-c2cc(F)c(COc3ccc(OS(=O)(=O)F)cc3)c(F)c2)[nH]n1. The highest BCUT2D eigenvalue weighted by molar-refractivity contribution is 7.81. The van der Waals surface area contributed by atoms with Gasteiger partial charge in [0.05, 0.1) is 11.3 Å². The zero-order valence-electron chi connectivity index (χ0n) is 13.4. The standard InChI is InChI=1S/C16H12F3N3O4S/c17-13-5-9(15-7-16(20)22-21-15)6-14(18)12(13)8-25-10-1-3-11(4-2-10)26-27(19,23)24/h1-7H,8H2,(H3,20,21,22). The fourth-order valence-corrected chi connectivity index (χ4v) is 2.58. The van der Waals surface area contributed by atoms with Crippen LogP contribution >= 0.6 is 0 Å². The topological polar surface area (TPSA) is 107 Å². The van der Waals surface area contributed by atoms with Crippen molar-refractivity contribution in [3.05, 3.63) is 59.7 Å². The van der Waals surface area contributed by atoms with Crippen LogP contribution in [0.4, 0.5) is 18.5 Å². The first kappa shape index (κ1) is 18.6. The summed E-state index contributed by atoms with van der Waals surface area (Å²) in [6.07, 6.45) is 0. The van der Waals surface area contributed by atoms with Gasteiger partial charge >= 0.3 is 10.5 Å². The first-order valence-corrected chi connectivity index (χ1v) is 8.68. The van der Waals surface area contributed by atoms with Gasteiger partial charge in [0.2, 0.25) is 0 Å². The number of nitrogens with zero attached hydrogens (tertiary/aromatic N) is 1. The molecule has 0 aliphatic heterocycles. The Bertz CT molecular complexity index is 1050. The van der Waals surface area contributed by atoms with Crippen molar-refractivity contribution in [2.75, 3.05) is 5.73 Å². The van der Waals surface area contributed by atoms with E-state index < -0.39 is 28.7 Å². The zero-order chi connectivity index (χ0) is 19.6. The largest absolute Gasteiger partial charge is 0.489 e. The van der Waals surface area contributed by atoms with Crippen LogP contribution in [0.25, 0.3) is 11.3 Å². The molecule has 2 aromatic carbocycles. The predicted octanol–water partition coefficient (Wildman–Crippen LogP) is 3.11. The van der Waals surface area contributed by atoms with Crippen LogP contribution in [-0.4, -0.2) is 18.6 Å². The monoisotopic (exact) mass is 399 g/mol. The highest BCUT2D eigenvalue weighted by Gasteiger charge is 2.15. The van der Waals surface area contributed by atoms with E-state index in [-0.39, 0.29) is 28.4 Å². The lowest BCUT2D eigenvalue weighted by atomic mass is 10.1. The number of anilines is 1. The van der Waals surface area contributed by atoms with Crippen LogP contribution < -0.4 is 14.7 Å². The zero-order valence-corrected chi connectivity index (χ0v) is 14.3. The Balaban J connectivity index is 1.72. The van der Waals surface area contributed by atoms with Gasteiger partial charge in [-0.15, -0.1) is 0 Å². The van der Waals surface area contributed by atoms with E-state index in [2.05, 4.69) is 14.4 Å². The van der Waals surface area contributed by atoms with Gasteiger partial charge in [-0.3, -0.25) is 5.10 Å². The van der Waals surface area contributed by atoms with E-state index >= 15 is 0 Å². The molecule has 0 aliphatic rings. The molecule has 0 unspecified atom stereocenters. The van der Waals surface area contributed by atoms with Gasteiger partial charge < -0.3 is 14.7 Å². The molecule has 0 bridgehead atoms. The van der Waals surface area contributed by atoms with Crippen molar-refractivity contribution >= 4 is 16.3 Å². The number of benzene rings is 2. The molecule has 3 aromatic rings. The van der Waals surface area contributed by atoms with E-state index in [1.54, 1.807) is 0 Å². The average Bonchev–Trinajstić information content (AvgIpc) is 3.00. The van der Waals surface area contributed by atoms with Crippen molar-refractivity contribution in [3.8, 4) is 22.8 Å². The maximum Gasteiger partial charge on any atom is 0.488 e. The Labute approximate surface area is 152 Å². The number of H-pyrrole nitrogens is 1. The Morgan fingerprint density at radius 2 is 1.63 bits per heavy atom. The molecule has 0 saturated carbocycles. The third kappa shape index (κ3) is 4.70. The molecule has 0 radical (unpaired) electrons. The lowest BCUT2D eigenvalue weighted by Gasteiger charge is -2.10. The molecule has 27 heavy (non-hydrogen) atoms. The van der Waals surface area contributed by atoms with Crippen molar-refractivity contribution in [3.63, 3.8) is 0 Å². The molecule has 0 saturated heterocycles. The molecule has 1 aromatic heterocycles. The normalized spacial score (nSPS) is 11.4. The van der Waals surface area contributed by atoms with Crippen LogP contribution in [0.15, 0.2) is 42.5 Å².